The van der Waals surface area contributed by atoms with Gasteiger partial charge in [-0.15, -0.1) is 0 Å². The summed E-state index contributed by atoms with van der Waals surface area (Å²) in [5, 5.41) is 34.0. The summed E-state index contributed by atoms with van der Waals surface area (Å²) in [4.78, 5) is 1.13. The molecule has 15 nitrogen and oxygen atoms in total. The van der Waals surface area contributed by atoms with Gasteiger partial charge in [-0.05, 0) is 105 Å². The van der Waals surface area contributed by atoms with Gasteiger partial charge in [-0.2, -0.15) is 21.0 Å². The Hall–Kier alpha value is -6.12. The molecule has 0 spiro atoms. The highest BCUT2D eigenvalue weighted by Gasteiger charge is 2.37. The first-order valence-corrected chi connectivity index (χ1v) is 28.5. The van der Waals surface area contributed by atoms with E-state index in [2.05, 4.69) is 59.7 Å². The lowest BCUT2D eigenvalue weighted by molar-refractivity contribution is 0.146. The summed E-state index contributed by atoms with van der Waals surface area (Å²) >= 11 is 0. The number of hydrogen-bond acceptors (Lipinski definition) is 14. The average molecular weight is 1000 g/mol. The fourth-order valence-corrected chi connectivity index (χ4v) is 13.2. The SMILES string of the molecule is CCC(C)c1ccc(CCCOCCS(=O)(=O)C(C#N)C#N)cc1.N#CC(C#N)S(=O)(=O)c1ccc(C2=c3cc4c5c(c3Oc3c2cc2c6c3CCCN6CCC2)CCC[N+]=5CCC4)c(S(=O)(=O)[O-])c1. The highest BCUT2D eigenvalue weighted by molar-refractivity contribution is 7.92. The molecule has 0 fully saturated rings. The number of benzene rings is 4. The van der Waals surface area contributed by atoms with Gasteiger partial charge in [0.1, 0.15) is 34.7 Å². The van der Waals surface area contributed by atoms with Crippen LogP contribution in [0.4, 0.5) is 5.69 Å². The molecule has 0 amide bonds. The van der Waals surface area contributed by atoms with Gasteiger partial charge in [-0.1, -0.05) is 44.2 Å². The number of nitrogens with zero attached hydrogens (tertiary/aromatic N) is 6. The van der Waals surface area contributed by atoms with E-state index in [1.165, 1.54) is 58.6 Å². The van der Waals surface area contributed by atoms with Crippen molar-refractivity contribution in [2.75, 3.05) is 50.0 Å². The molecule has 0 N–H and O–H groups in total. The number of sulfone groups is 2. The zero-order chi connectivity index (χ0) is 50.0. The molecule has 4 aromatic carbocycles. The molecule has 0 saturated heterocycles. The lowest BCUT2D eigenvalue weighted by Crippen LogP contribution is -2.45. The van der Waals surface area contributed by atoms with E-state index in [4.69, 9.17) is 20.0 Å². The Kier molecular flexibility index (Phi) is 14.9. The van der Waals surface area contributed by atoms with Crippen LogP contribution in [0.15, 0.2) is 64.4 Å². The van der Waals surface area contributed by atoms with Gasteiger partial charge in [-0.3, -0.25) is 0 Å². The molecule has 5 aliphatic rings. The van der Waals surface area contributed by atoms with Crippen molar-refractivity contribution in [1.29, 1.82) is 21.0 Å². The number of aryl methyl sites for hydroxylation is 3. The predicted molar refractivity (Wildman–Crippen MR) is 260 cm³/mol. The van der Waals surface area contributed by atoms with Gasteiger partial charge in [0, 0.05) is 71.3 Å². The van der Waals surface area contributed by atoms with Crippen molar-refractivity contribution >= 4 is 41.1 Å². The van der Waals surface area contributed by atoms with Crippen LogP contribution in [0.2, 0.25) is 0 Å². The molecular formula is C52H54N6O9S3. The van der Waals surface area contributed by atoms with Gasteiger partial charge in [0.15, 0.2) is 9.84 Å². The van der Waals surface area contributed by atoms with E-state index < -0.39 is 50.1 Å². The molecule has 4 aromatic rings. The quantitative estimate of drug-likeness (QED) is 0.0789. The minimum atomic E-state index is -5.23. The summed E-state index contributed by atoms with van der Waals surface area (Å²) in [7, 11) is -13.5. The van der Waals surface area contributed by atoms with Crippen molar-refractivity contribution in [3.05, 3.63) is 110 Å². The first-order chi connectivity index (χ1) is 33.6. The van der Waals surface area contributed by atoms with Crippen LogP contribution in [0.5, 0.6) is 11.5 Å². The van der Waals surface area contributed by atoms with Gasteiger partial charge >= 0.3 is 0 Å². The number of hydrogen-bond donors (Lipinski definition) is 0. The molecular weight excluding hydrogens is 949 g/mol. The Labute approximate surface area is 410 Å². The molecule has 364 valence electrons. The van der Waals surface area contributed by atoms with Gasteiger partial charge in [0.2, 0.25) is 25.7 Å². The Morgan fingerprint density at radius 1 is 0.757 bits per heavy atom. The monoisotopic (exact) mass is 1000 g/mol. The Morgan fingerprint density at radius 3 is 2.09 bits per heavy atom. The van der Waals surface area contributed by atoms with E-state index in [-0.39, 0.29) is 17.9 Å². The summed E-state index contributed by atoms with van der Waals surface area (Å²) in [6.07, 6.45) is 9.94. The van der Waals surface area contributed by atoms with E-state index in [9.17, 15) is 40.3 Å². The normalized spacial score (nSPS) is 16.2. The number of fused-ring (bicyclic) bond motifs is 4. The van der Waals surface area contributed by atoms with Crippen LogP contribution >= 0.6 is 0 Å². The van der Waals surface area contributed by atoms with Crippen molar-refractivity contribution in [3.63, 3.8) is 0 Å². The van der Waals surface area contributed by atoms with Crippen LogP contribution in [0, 0.1) is 45.3 Å². The molecule has 1 unspecified atom stereocenters. The molecule has 70 heavy (non-hydrogen) atoms. The third-order valence-electron chi connectivity index (χ3n) is 14.1. The predicted octanol–water partition coefficient (Wildman–Crippen LogP) is 5.20. The molecule has 18 heteroatoms. The zero-order valence-electron chi connectivity index (χ0n) is 39.2. The highest BCUT2D eigenvalue weighted by atomic mass is 32.2. The van der Waals surface area contributed by atoms with E-state index in [1.54, 1.807) is 0 Å². The lowest BCUT2D eigenvalue weighted by Gasteiger charge is -2.39. The maximum absolute atomic E-state index is 13.1. The zero-order valence-corrected chi connectivity index (χ0v) is 41.7. The molecule has 1 atom stereocenters. The topological polar surface area (TPSA) is 245 Å². The number of rotatable bonds is 14. The van der Waals surface area contributed by atoms with Gasteiger partial charge in [0.05, 0.1) is 52.0 Å². The Balaban J connectivity index is 0.000000234. The van der Waals surface area contributed by atoms with Crippen LogP contribution in [-0.2, 0) is 66.6 Å². The minimum Gasteiger partial charge on any atom is -0.744 e. The smallest absolute Gasteiger partial charge is 0.237 e. The largest absolute Gasteiger partial charge is 0.744 e. The van der Waals surface area contributed by atoms with E-state index in [1.807, 2.05) is 0 Å². The van der Waals surface area contributed by atoms with Crippen LogP contribution < -0.4 is 24.8 Å². The second kappa shape index (κ2) is 20.7. The van der Waals surface area contributed by atoms with Crippen LogP contribution in [0.3, 0.4) is 0 Å². The summed E-state index contributed by atoms with van der Waals surface area (Å²) in [5.74, 6) is 1.59. The van der Waals surface area contributed by atoms with Gasteiger partial charge in [-0.25, -0.2) is 29.8 Å². The fourth-order valence-electron chi connectivity index (χ4n) is 10.4. The van der Waals surface area contributed by atoms with Gasteiger partial charge < -0.3 is 18.9 Å². The Morgan fingerprint density at radius 2 is 1.41 bits per heavy atom. The molecule has 0 aliphatic carbocycles. The maximum atomic E-state index is 13.1. The molecule has 0 saturated carbocycles. The molecule has 9 rings (SSSR count). The van der Waals surface area contributed by atoms with Crippen molar-refractivity contribution in [2.45, 2.75) is 111 Å². The van der Waals surface area contributed by atoms with Crippen LogP contribution in [0.25, 0.3) is 5.57 Å². The number of anilines is 1. The molecule has 5 aliphatic heterocycles. The molecule has 0 bridgehead atoms. The third-order valence-corrected chi connectivity index (χ3v) is 18.4. The van der Waals surface area contributed by atoms with Crippen LogP contribution in [0.1, 0.15) is 103 Å². The number of nitriles is 4. The summed E-state index contributed by atoms with van der Waals surface area (Å²) in [6.45, 7) is 8.68. The number of ether oxygens (including phenoxy) is 2. The second-order valence-electron chi connectivity index (χ2n) is 18.4. The first kappa shape index (κ1) is 50.3. The van der Waals surface area contributed by atoms with Crippen molar-refractivity contribution in [1.82, 2.24) is 4.58 Å². The Bertz CT molecular complexity index is 3370. The fraction of sp³-hybridized carbons (Fsp3) is 0.442. The summed E-state index contributed by atoms with van der Waals surface area (Å²) in [6, 6.07) is 21.9. The van der Waals surface area contributed by atoms with E-state index in [0.29, 0.717) is 40.4 Å². The standard InChI is InChI=1S/C34H30N4O6S2.C18H24N2O3S/c35-18-23(19-36)45(39,40)22-9-10-24(29(17-22)46(41,42)43)30-27-15-20-5-1-11-37-13-3-7-25(31(20)37)33(27)44-34-26-8-4-14-38-12-2-6-21(32(26)38)16-28(30)34;1-3-15(2)17-8-6-16(7-9-17)5-4-10-23-11-12-24(21,22)18(13-19)14-20/h9-10,15-17,23H,1-8,11-14H2;6-9,15,18H,3-5,10-12H2,1-2H3. The second-order valence-corrected chi connectivity index (χ2v) is 24.0. The molecule has 0 aromatic heterocycles. The lowest BCUT2D eigenvalue weighted by atomic mass is 9.82. The third kappa shape index (κ3) is 9.81. The summed E-state index contributed by atoms with van der Waals surface area (Å²) in [5.41, 5.74) is 9.49. The van der Waals surface area contributed by atoms with Gasteiger partial charge in [0.25, 0.3) is 0 Å². The van der Waals surface area contributed by atoms with E-state index in [0.717, 1.165) is 125 Å². The van der Waals surface area contributed by atoms with Crippen LogP contribution in [-0.4, -0.2) is 85.5 Å². The van der Waals surface area contributed by atoms with Crippen molar-refractivity contribution < 1.29 is 39.3 Å². The minimum absolute atomic E-state index is 0.00907. The first-order valence-electron chi connectivity index (χ1n) is 23.8. The molecule has 0 radical (unpaired) electrons. The highest BCUT2D eigenvalue weighted by Crippen LogP contribution is 2.49. The van der Waals surface area contributed by atoms with E-state index >= 15 is 0 Å². The van der Waals surface area contributed by atoms with Crippen molar-refractivity contribution in [2.24, 2.45) is 0 Å². The maximum Gasteiger partial charge on any atom is 0.237 e. The summed E-state index contributed by atoms with van der Waals surface area (Å²) < 4.78 is 103. The molecule has 5 heterocycles. The van der Waals surface area contributed by atoms with Crippen molar-refractivity contribution in [3.8, 4) is 35.8 Å². The average Bonchev–Trinajstić information content (AvgIpc) is 3.35.